The summed E-state index contributed by atoms with van der Waals surface area (Å²) in [4.78, 5) is 26.5. The number of ether oxygens (including phenoxy) is 1. The van der Waals surface area contributed by atoms with Gasteiger partial charge in [-0.2, -0.15) is 0 Å². The molecule has 0 bridgehead atoms. The topological polar surface area (TPSA) is 46.6 Å². The van der Waals surface area contributed by atoms with Gasteiger partial charge in [0.2, 0.25) is 0 Å². The molecule has 1 amide bonds. The molecule has 0 N–H and O–H groups in total. The third-order valence-corrected chi connectivity index (χ3v) is 6.08. The summed E-state index contributed by atoms with van der Waals surface area (Å²) >= 11 is 3.18. The molecule has 0 fully saturated rings. The number of benzene rings is 1. The molecule has 0 aliphatic carbocycles. The lowest BCUT2D eigenvalue weighted by Crippen LogP contribution is -2.40. The fraction of sp³-hybridized carbons (Fsp3) is 0.294. The third kappa shape index (κ3) is 2.96. The highest BCUT2D eigenvalue weighted by molar-refractivity contribution is 7.33. The number of thiophene rings is 2. The summed E-state index contributed by atoms with van der Waals surface area (Å²) in [5, 5.41) is 1.18. The van der Waals surface area contributed by atoms with Crippen molar-refractivity contribution in [2.45, 2.75) is 19.9 Å². The van der Waals surface area contributed by atoms with Gasteiger partial charge in [-0.1, -0.05) is 18.2 Å². The molecule has 0 saturated carbocycles. The second-order valence-corrected chi connectivity index (χ2v) is 7.64. The first kappa shape index (κ1) is 16.0. The van der Waals surface area contributed by atoms with Crippen LogP contribution in [0.3, 0.4) is 0 Å². The van der Waals surface area contributed by atoms with E-state index in [1.165, 1.54) is 28.5 Å². The van der Waals surface area contributed by atoms with E-state index in [1.807, 2.05) is 32.0 Å². The summed E-state index contributed by atoms with van der Waals surface area (Å²) in [6, 6.07) is 10.1. The number of methoxy groups -OCH3 is 1. The first-order chi connectivity index (χ1) is 11.0. The van der Waals surface area contributed by atoms with Crippen molar-refractivity contribution in [3.8, 4) is 0 Å². The minimum Gasteiger partial charge on any atom is -0.468 e. The van der Waals surface area contributed by atoms with Crippen molar-refractivity contribution >= 4 is 54.0 Å². The Morgan fingerprint density at radius 3 is 2.61 bits per heavy atom. The fourth-order valence-electron chi connectivity index (χ4n) is 2.44. The van der Waals surface area contributed by atoms with Crippen molar-refractivity contribution in [3.63, 3.8) is 0 Å². The molecular formula is C17H17NO3S2. The lowest BCUT2D eigenvalue weighted by atomic mass is 10.2. The standard InChI is InChI=1S/C17H17NO3S2/c1-10(2)18(9-15(19)21-3)17(20)14-8-13-16(23-14)11-6-4-5-7-12(11)22-13/h4-8,10H,9H2,1-3H3. The van der Waals surface area contributed by atoms with Crippen LogP contribution >= 0.6 is 22.7 Å². The molecule has 0 unspecified atom stereocenters. The maximum atomic E-state index is 12.8. The van der Waals surface area contributed by atoms with Crippen molar-refractivity contribution in [3.05, 3.63) is 35.2 Å². The zero-order chi connectivity index (χ0) is 16.6. The number of carbonyl (C=O) groups is 2. The average molecular weight is 347 g/mol. The van der Waals surface area contributed by atoms with Gasteiger partial charge in [-0.3, -0.25) is 9.59 Å². The van der Waals surface area contributed by atoms with Crippen LogP contribution in [0.5, 0.6) is 0 Å². The van der Waals surface area contributed by atoms with E-state index in [0.717, 1.165) is 9.40 Å². The first-order valence-electron chi connectivity index (χ1n) is 7.30. The van der Waals surface area contributed by atoms with Crippen LogP contribution in [0, 0.1) is 0 Å². The Balaban J connectivity index is 1.97. The van der Waals surface area contributed by atoms with E-state index in [0.29, 0.717) is 4.88 Å². The molecule has 0 aliphatic heterocycles. The number of hydrogen-bond donors (Lipinski definition) is 0. The van der Waals surface area contributed by atoms with Crippen molar-refractivity contribution in [2.75, 3.05) is 13.7 Å². The lowest BCUT2D eigenvalue weighted by molar-refractivity contribution is -0.141. The van der Waals surface area contributed by atoms with Gasteiger partial charge in [0.15, 0.2) is 0 Å². The normalized spacial score (nSPS) is 11.3. The Bertz CT molecular complexity index is 878. The summed E-state index contributed by atoms with van der Waals surface area (Å²) in [5.74, 6) is -0.529. The number of hydrogen-bond acceptors (Lipinski definition) is 5. The number of carbonyl (C=O) groups excluding carboxylic acids is 2. The zero-order valence-corrected chi connectivity index (χ0v) is 14.8. The molecular weight excluding hydrogens is 330 g/mol. The van der Waals surface area contributed by atoms with E-state index in [-0.39, 0.29) is 18.5 Å². The molecule has 6 heteroatoms. The largest absolute Gasteiger partial charge is 0.468 e. The molecule has 0 atom stereocenters. The van der Waals surface area contributed by atoms with Gasteiger partial charge >= 0.3 is 5.97 Å². The minimum atomic E-state index is -0.407. The van der Waals surface area contributed by atoms with Crippen molar-refractivity contribution < 1.29 is 14.3 Å². The lowest BCUT2D eigenvalue weighted by Gasteiger charge is -2.24. The molecule has 4 nitrogen and oxygen atoms in total. The van der Waals surface area contributed by atoms with Crippen LogP contribution in [-0.2, 0) is 9.53 Å². The average Bonchev–Trinajstić information content (AvgIpc) is 3.09. The smallest absolute Gasteiger partial charge is 0.325 e. The van der Waals surface area contributed by atoms with Crippen LogP contribution in [0.1, 0.15) is 23.5 Å². The minimum absolute atomic E-state index is 0.0285. The summed E-state index contributed by atoms with van der Waals surface area (Å²) in [6.45, 7) is 3.76. The van der Waals surface area contributed by atoms with E-state index in [2.05, 4.69) is 12.1 Å². The number of fused-ring (bicyclic) bond motifs is 3. The van der Waals surface area contributed by atoms with Crippen LogP contribution in [0.25, 0.3) is 19.5 Å². The Kier molecular flexibility index (Phi) is 4.37. The first-order valence-corrected chi connectivity index (χ1v) is 8.93. The second-order valence-electron chi connectivity index (χ2n) is 5.51. The summed E-state index contributed by atoms with van der Waals surface area (Å²) in [5.41, 5.74) is 0. The third-order valence-electron chi connectivity index (χ3n) is 3.67. The van der Waals surface area contributed by atoms with Crippen LogP contribution in [0.2, 0.25) is 0 Å². The van der Waals surface area contributed by atoms with Crippen molar-refractivity contribution in [1.82, 2.24) is 4.90 Å². The summed E-state index contributed by atoms with van der Waals surface area (Å²) in [7, 11) is 1.33. The molecule has 120 valence electrons. The SMILES string of the molecule is COC(=O)CN(C(=O)c1cc2sc3ccccc3c2s1)C(C)C. The second kappa shape index (κ2) is 6.29. The highest BCUT2D eigenvalue weighted by Crippen LogP contribution is 2.39. The predicted molar refractivity (Wildman–Crippen MR) is 95.4 cm³/mol. The highest BCUT2D eigenvalue weighted by Gasteiger charge is 2.24. The quantitative estimate of drug-likeness (QED) is 0.666. The monoisotopic (exact) mass is 347 g/mol. The summed E-state index contributed by atoms with van der Waals surface area (Å²) in [6.07, 6.45) is 0. The van der Waals surface area contributed by atoms with Gasteiger partial charge < -0.3 is 9.64 Å². The molecule has 0 saturated heterocycles. The fourth-order valence-corrected chi connectivity index (χ4v) is 4.92. The predicted octanol–water partition coefficient (Wildman–Crippen LogP) is 4.14. The van der Waals surface area contributed by atoms with Gasteiger partial charge in [-0.25, -0.2) is 0 Å². The maximum absolute atomic E-state index is 12.8. The van der Waals surface area contributed by atoms with E-state index in [9.17, 15) is 9.59 Å². The van der Waals surface area contributed by atoms with Gasteiger partial charge in [0.05, 0.1) is 16.7 Å². The van der Waals surface area contributed by atoms with Crippen LogP contribution in [0.15, 0.2) is 30.3 Å². The van der Waals surface area contributed by atoms with E-state index >= 15 is 0 Å². The Hall–Kier alpha value is -1.92. The Morgan fingerprint density at radius 2 is 1.91 bits per heavy atom. The molecule has 23 heavy (non-hydrogen) atoms. The Morgan fingerprint density at radius 1 is 1.17 bits per heavy atom. The van der Waals surface area contributed by atoms with Crippen LogP contribution in [0.4, 0.5) is 0 Å². The summed E-state index contributed by atoms with van der Waals surface area (Å²) < 4.78 is 8.16. The molecule has 3 aromatic rings. The molecule has 2 heterocycles. The maximum Gasteiger partial charge on any atom is 0.325 e. The number of amides is 1. The molecule has 1 aromatic carbocycles. The van der Waals surface area contributed by atoms with Crippen LogP contribution < -0.4 is 0 Å². The van der Waals surface area contributed by atoms with E-state index < -0.39 is 5.97 Å². The van der Waals surface area contributed by atoms with Gasteiger partial charge in [0, 0.05) is 20.8 Å². The molecule has 0 aliphatic rings. The number of esters is 1. The van der Waals surface area contributed by atoms with Gasteiger partial charge in [0.25, 0.3) is 5.91 Å². The number of rotatable bonds is 4. The molecule has 0 spiro atoms. The van der Waals surface area contributed by atoms with E-state index in [4.69, 9.17) is 4.74 Å². The van der Waals surface area contributed by atoms with Crippen LogP contribution in [-0.4, -0.2) is 36.5 Å². The van der Waals surface area contributed by atoms with E-state index in [1.54, 1.807) is 16.2 Å². The van der Waals surface area contributed by atoms with Gasteiger partial charge in [-0.05, 0) is 26.0 Å². The van der Waals surface area contributed by atoms with Crippen molar-refractivity contribution in [1.29, 1.82) is 0 Å². The molecule has 0 radical (unpaired) electrons. The van der Waals surface area contributed by atoms with Gasteiger partial charge in [0.1, 0.15) is 6.54 Å². The number of nitrogens with zero attached hydrogens (tertiary/aromatic N) is 1. The molecule has 3 rings (SSSR count). The van der Waals surface area contributed by atoms with Crippen molar-refractivity contribution in [2.24, 2.45) is 0 Å². The highest BCUT2D eigenvalue weighted by atomic mass is 32.1. The molecule has 2 aromatic heterocycles. The zero-order valence-electron chi connectivity index (χ0n) is 13.2. The Labute approximate surface area is 142 Å². The van der Waals surface area contributed by atoms with Gasteiger partial charge in [-0.15, -0.1) is 22.7 Å².